The molecule has 1 rings (SSSR count). The second-order valence-corrected chi connectivity index (χ2v) is 6.04. The molecule has 0 bridgehead atoms. The first-order valence-corrected chi connectivity index (χ1v) is 7.63. The molecule has 3 N–H and O–H groups in total. The summed E-state index contributed by atoms with van der Waals surface area (Å²) in [5.74, 6) is 1.47. The Kier molecular flexibility index (Phi) is 7.33. The fraction of sp³-hybridized carbons (Fsp3) is 0.933. The quantitative estimate of drug-likeness (QED) is 0.734. The van der Waals surface area contributed by atoms with Crippen LogP contribution in [0.15, 0.2) is 0 Å². The number of nitrogens with two attached hydrogens (primary N) is 1. The van der Waals surface area contributed by atoms with Crippen molar-refractivity contribution >= 4 is 5.91 Å². The molecule has 1 fully saturated rings. The van der Waals surface area contributed by atoms with Crippen molar-refractivity contribution in [3.05, 3.63) is 0 Å². The maximum absolute atomic E-state index is 11.9. The van der Waals surface area contributed by atoms with Crippen LogP contribution in [0.3, 0.4) is 0 Å². The second-order valence-electron chi connectivity index (χ2n) is 6.04. The van der Waals surface area contributed by atoms with Gasteiger partial charge < -0.3 is 11.1 Å². The van der Waals surface area contributed by atoms with E-state index in [1.54, 1.807) is 0 Å². The lowest BCUT2D eigenvalue weighted by atomic mass is 9.86. The van der Waals surface area contributed by atoms with Gasteiger partial charge in [0.05, 0.1) is 0 Å². The van der Waals surface area contributed by atoms with E-state index >= 15 is 0 Å². The molecule has 3 nitrogen and oxygen atoms in total. The highest BCUT2D eigenvalue weighted by Crippen LogP contribution is 2.27. The van der Waals surface area contributed by atoms with Crippen molar-refractivity contribution in [2.45, 2.75) is 71.3 Å². The van der Waals surface area contributed by atoms with Gasteiger partial charge in [-0.3, -0.25) is 4.79 Å². The molecule has 0 radical (unpaired) electrons. The number of amides is 1. The van der Waals surface area contributed by atoms with Gasteiger partial charge in [-0.1, -0.05) is 46.0 Å². The summed E-state index contributed by atoms with van der Waals surface area (Å²) in [7, 11) is 0. The molecule has 1 aliphatic carbocycles. The van der Waals surface area contributed by atoms with Crippen LogP contribution < -0.4 is 11.1 Å². The standard InChI is InChI=1S/C15H30N2O/c1-12(2)14(10-11-16)17-15(18)9-8-13-6-4-3-5-7-13/h12-14H,3-11,16H2,1-2H3,(H,17,18). The monoisotopic (exact) mass is 254 g/mol. The summed E-state index contributed by atoms with van der Waals surface area (Å²) in [6.45, 7) is 4.93. The molecular formula is C15H30N2O. The third kappa shape index (κ3) is 5.85. The molecule has 1 unspecified atom stereocenters. The maximum atomic E-state index is 11.9. The van der Waals surface area contributed by atoms with Crippen molar-refractivity contribution in [1.29, 1.82) is 0 Å². The van der Waals surface area contributed by atoms with E-state index in [-0.39, 0.29) is 11.9 Å². The second kappa shape index (κ2) is 8.52. The smallest absolute Gasteiger partial charge is 0.220 e. The molecule has 0 aromatic heterocycles. The number of carbonyl (C=O) groups excluding carboxylic acids is 1. The Balaban J connectivity index is 2.22. The lowest BCUT2D eigenvalue weighted by molar-refractivity contribution is -0.122. The number of hydrogen-bond acceptors (Lipinski definition) is 2. The average molecular weight is 254 g/mol. The lowest BCUT2D eigenvalue weighted by Gasteiger charge is -2.24. The highest BCUT2D eigenvalue weighted by atomic mass is 16.1. The van der Waals surface area contributed by atoms with Crippen LogP contribution in [0.2, 0.25) is 0 Å². The number of rotatable bonds is 7. The predicted octanol–water partition coefficient (Wildman–Crippen LogP) is 2.84. The van der Waals surface area contributed by atoms with Crippen molar-refractivity contribution in [3.8, 4) is 0 Å². The molecule has 1 aliphatic rings. The minimum Gasteiger partial charge on any atom is -0.353 e. The third-order valence-corrected chi connectivity index (χ3v) is 4.13. The van der Waals surface area contributed by atoms with Crippen LogP contribution in [0, 0.1) is 11.8 Å². The maximum Gasteiger partial charge on any atom is 0.220 e. The predicted molar refractivity (Wildman–Crippen MR) is 76.2 cm³/mol. The third-order valence-electron chi connectivity index (χ3n) is 4.13. The van der Waals surface area contributed by atoms with Gasteiger partial charge >= 0.3 is 0 Å². The summed E-state index contributed by atoms with van der Waals surface area (Å²) < 4.78 is 0. The highest BCUT2D eigenvalue weighted by molar-refractivity contribution is 5.76. The molecule has 1 saturated carbocycles. The largest absolute Gasteiger partial charge is 0.353 e. The molecule has 3 heteroatoms. The number of nitrogens with one attached hydrogen (secondary N) is 1. The average Bonchev–Trinajstić information content (AvgIpc) is 2.37. The van der Waals surface area contributed by atoms with Crippen LogP contribution >= 0.6 is 0 Å². The van der Waals surface area contributed by atoms with Gasteiger partial charge in [0.15, 0.2) is 0 Å². The van der Waals surface area contributed by atoms with E-state index in [0.717, 1.165) is 18.8 Å². The minimum atomic E-state index is 0.215. The van der Waals surface area contributed by atoms with Gasteiger partial charge in [0.1, 0.15) is 0 Å². The van der Waals surface area contributed by atoms with E-state index in [9.17, 15) is 4.79 Å². The fourth-order valence-corrected chi connectivity index (χ4v) is 2.84. The Morgan fingerprint density at radius 2 is 1.94 bits per heavy atom. The lowest BCUT2D eigenvalue weighted by Crippen LogP contribution is -2.40. The van der Waals surface area contributed by atoms with Crippen LogP contribution in [0.4, 0.5) is 0 Å². The molecule has 0 heterocycles. The topological polar surface area (TPSA) is 55.1 Å². The van der Waals surface area contributed by atoms with Crippen molar-refractivity contribution in [3.63, 3.8) is 0 Å². The highest BCUT2D eigenvalue weighted by Gasteiger charge is 2.18. The summed E-state index contributed by atoms with van der Waals surface area (Å²) in [5.41, 5.74) is 5.58. The Labute approximate surface area is 112 Å². The van der Waals surface area contributed by atoms with E-state index in [0.29, 0.717) is 18.9 Å². The zero-order valence-electron chi connectivity index (χ0n) is 12.1. The van der Waals surface area contributed by atoms with Crippen molar-refractivity contribution < 1.29 is 4.79 Å². The summed E-state index contributed by atoms with van der Waals surface area (Å²) in [5, 5.41) is 3.14. The van der Waals surface area contributed by atoms with E-state index in [1.165, 1.54) is 32.1 Å². The molecule has 0 aromatic carbocycles. The zero-order valence-corrected chi connectivity index (χ0v) is 12.1. The van der Waals surface area contributed by atoms with E-state index < -0.39 is 0 Å². The minimum absolute atomic E-state index is 0.215. The summed E-state index contributed by atoms with van der Waals surface area (Å²) in [6, 6.07) is 0.244. The van der Waals surface area contributed by atoms with E-state index in [4.69, 9.17) is 5.73 Å². The van der Waals surface area contributed by atoms with Crippen LogP contribution in [-0.4, -0.2) is 18.5 Å². The summed E-state index contributed by atoms with van der Waals surface area (Å²) >= 11 is 0. The van der Waals surface area contributed by atoms with Crippen LogP contribution in [0.5, 0.6) is 0 Å². The molecule has 106 valence electrons. The molecule has 1 atom stereocenters. The van der Waals surface area contributed by atoms with Crippen LogP contribution in [0.1, 0.15) is 65.2 Å². The fourth-order valence-electron chi connectivity index (χ4n) is 2.84. The van der Waals surface area contributed by atoms with Gasteiger partial charge in [-0.25, -0.2) is 0 Å². The number of hydrogen-bond donors (Lipinski definition) is 2. The van der Waals surface area contributed by atoms with Crippen LogP contribution in [0.25, 0.3) is 0 Å². The molecule has 0 spiro atoms. The molecule has 1 amide bonds. The first-order valence-electron chi connectivity index (χ1n) is 7.63. The first kappa shape index (κ1) is 15.5. The van der Waals surface area contributed by atoms with Gasteiger partial charge in [-0.2, -0.15) is 0 Å². The van der Waals surface area contributed by atoms with Gasteiger partial charge in [0, 0.05) is 12.5 Å². The normalized spacial score (nSPS) is 18.9. The number of carbonyl (C=O) groups is 1. The van der Waals surface area contributed by atoms with Gasteiger partial charge in [0.2, 0.25) is 5.91 Å². The van der Waals surface area contributed by atoms with Crippen molar-refractivity contribution in [1.82, 2.24) is 5.32 Å². The van der Waals surface area contributed by atoms with Gasteiger partial charge in [0.25, 0.3) is 0 Å². The van der Waals surface area contributed by atoms with E-state index in [1.807, 2.05) is 0 Å². The molecule has 0 saturated heterocycles. The summed E-state index contributed by atoms with van der Waals surface area (Å²) in [4.78, 5) is 11.9. The molecular weight excluding hydrogens is 224 g/mol. The molecule has 0 aliphatic heterocycles. The van der Waals surface area contributed by atoms with Crippen LogP contribution in [-0.2, 0) is 4.79 Å². The first-order chi connectivity index (χ1) is 8.63. The summed E-state index contributed by atoms with van der Waals surface area (Å²) in [6.07, 6.45) is 9.38. The Bertz CT molecular complexity index is 235. The molecule has 18 heavy (non-hydrogen) atoms. The zero-order chi connectivity index (χ0) is 13.4. The Morgan fingerprint density at radius 1 is 1.28 bits per heavy atom. The van der Waals surface area contributed by atoms with E-state index in [2.05, 4.69) is 19.2 Å². The molecule has 0 aromatic rings. The van der Waals surface area contributed by atoms with Gasteiger partial charge in [-0.15, -0.1) is 0 Å². The SMILES string of the molecule is CC(C)C(CCN)NC(=O)CCC1CCCCC1. The Hall–Kier alpha value is -0.570. The van der Waals surface area contributed by atoms with Gasteiger partial charge in [-0.05, 0) is 31.2 Å². The van der Waals surface area contributed by atoms with Crippen molar-refractivity contribution in [2.75, 3.05) is 6.54 Å². The Morgan fingerprint density at radius 3 is 2.50 bits per heavy atom. The van der Waals surface area contributed by atoms with Crippen molar-refractivity contribution in [2.24, 2.45) is 17.6 Å².